The lowest BCUT2D eigenvalue weighted by Crippen LogP contribution is -2.32. The first kappa shape index (κ1) is 13.9. The molecule has 0 aliphatic heterocycles. The number of aromatic nitrogens is 1. The largest absolute Gasteiger partial charge is 0.387 e. The van der Waals surface area contributed by atoms with E-state index < -0.39 is 6.10 Å². The van der Waals surface area contributed by atoms with E-state index in [-0.39, 0.29) is 11.8 Å². The van der Waals surface area contributed by atoms with E-state index in [4.69, 9.17) is 0 Å². The fraction of sp³-hybridized carbons (Fsp3) is 0.533. The zero-order valence-corrected chi connectivity index (χ0v) is 11.4. The number of carbonyl (C=O) groups is 1. The van der Waals surface area contributed by atoms with E-state index in [1.807, 2.05) is 29.9 Å². The van der Waals surface area contributed by atoms with Gasteiger partial charge in [-0.05, 0) is 37.8 Å². The Balaban J connectivity index is 1.73. The number of aryl methyl sites for hydroxylation is 1. The Bertz CT molecular complexity index is 451. The molecule has 0 radical (unpaired) electrons. The summed E-state index contributed by atoms with van der Waals surface area (Å²) in [4.78, 5) is 11.9. The predicted octanol–water partition coefficient (Wildman–Crippen LogP) is 1.92. The summed E-state index contributed by atoms with van der Waals surface area (Å²) < 4.78 is 1.90. The maximum absolute atomic E-state index is 11.9. The predicted molar refractivity (Wildman–Crippen MR) is 74.5 cm³/mol. The topological polar surface area (TPSA) is 54.3 Å². The van der Waals surface area contributed by atoms with Gasteiger partial charge in [0.1, 0.15) is 0 Å². The zero-order valence-electron chi connectivity index (χ0n) is 11.4. The second-order valence-corrected chi connectivity index (χ2v) is 5.12. The van der Waals surface area contributed by atoms with E-state index in [2.05, 4.69) is 17.5 Å². The van der Waals surface area contributed by atoms with Crippen molar-refractivity contribution < 1.29 is 9.90 Å². The molecule has 2 rings (SSSR count). The highest BCUT2D eigenvalue weighted by atomic mass is 16.3. The molecule has 0 unspecified atom stereocenters. The monoisotopic (exact) mass is 262 g/mol. The van der Waals surface area contributed by atoms with Crippen LogP contribution < -0.4 is 5.32 Å². The molecule has 1 aliphatic carbocycles. The molecular formula is C15H22N2O2. The van der Waals surface area contributed by atoms with Gasteiger partial charge in [0.2, 0.25) is 5.91 Å². The van der Waals surface area contributed by atoms with Crippen molar-refractivity contribution in [2.75, 3.05) is 6.54 Å². The number of carbonyl (C=O) groups excluding carboxylic acids is 1. The Labute approximate surface area is 114 Å². The second kappa shape index (κ2) is 6.57. The lowest BCUT2D eigenvalue weighted by molar-refractivity contribution is -0.125. The molecule has 1 aromatic rings. The zero-order chi connectivity index (χ0) is 13.7. The number of hydrogen-bond acceptors (Lipinski definition) is 2. The smallest absolute Gasteiger partial charge is 0.223 e. The molecule has 4 nitrogen and oxygen atoms in total. The average Bonchev–Trinajstić information content (AvgIpc) is 2.86. The third-order valence-corrected chi connectivity index (χ3v) is 3.68. The Hall–Kier alpha value is -1.55. The lowest BCUT2D eigenvalue weighted by atomic mass is 9.93. The molecule has 0 aromatic carbocycles. The highest BCUT2D eigenvalue weighted by Gasteiger charge is 2.18. The summed E-state index contributed by atoms with van der Waals surface area (Å²) in [5.41, 5.74) is 0.884. The molecule has 1 aromatic heterocycles. The van der Waals surface area contributed by atoms with Gasteiger partial charge in [0.25, 0.3) is 0 Å². The second-order valence-electron chi connectivity index (χ2n) is 5.12. The van der Waals surface area contributed by atoms with Crippen molar-refractivity contribution in [1.29, 1.82) is 0 Å². The maximum Gasteiger partial charge on any atom is 0.223 e. The summed E-state index contributed by atoms with van der Waals surface area (Å²) >= 11 is 0. The molecule has 104 valence electrons. The fourth-order valence-corrected chi connectivity index (χ4v) is 2.48. The van der Waals surface area contributed by atoms with E-state index in [0.717, 1.165) is 25.0 Å². The first-order valence-electron chi connectivity index (χ1n) is 6.90. The summed E-state index contributed by atoms with van der Waals surface area (Å²) in [5, 5.41) is 13.0. The highest BCUT2D eigenvalue weighted by molar-refractivity contribution is 5.78. The van der Waals surface area contributed by atoms with Gasteiger partial charge in [-0.25, -0.2) is 0 Å². The SMILES string of the molecule is Cn1cccc1[C@@H](O)CCNC(=O)[C@@H]1CC=CCC1. The van der Waals surface area contributed by atoms with Gasteiger partial charge in [0.05, 0.1) is 6.10 Å². The van der Waals surface area contributed by atoms with Gasteiger partial charge in [-0.1, -0.05) is 12.2 Å². The van der Waals surface area contributed by atoms with Gasteiger partial charge in [-0.15, -0.1) is 0 Å². The number of amides is 1. The number of nitrogens with one attached hydrogen (secondary N) is 1. The van der Waals surface area contributed by atoms with Crippen LogP contribution in [0.25, 0.3) is 0 Å². The van der Waals surface area contributed by atoms with Crippen LogP contribution in [0.3, 0.4) is 0 Å². The average molecular weight is 262 g/mol. The van der Waals surface area contributed by atoms with Crippen LogP contribution in [0.5, 0.6) is 0 Å². The van der Waals surface area contributed by atoms with Crippen LogP contribution in [0.2, 0.25) is 0 Å². The van der Waals surface area contributed by atoms with Crippen molar-refractivity contribution in [3.05, 3.63) is 36.2 Å². The quantitative estimate of drug-likeness (QED) is 0.797. The molecule has 19 heavy (non-hydrogen) atoms. The number of hydrogen-bond donors (Lipinski definition) is 2. The normalized spacial score (nSPS) is 20.2. The van der Waals surface area contributed by atoms with Crippen LogP contribution >= 0.6 is 0 Å². The van der Waals surface area contributed by atoms with Crippen molar-refractivity contribution in [2.45, 2.75) is 31.8 Å². The maximum atomic E-state index is 11.9. The summed E-state index contributed by atoms with van der Waals surface area (Å²) in [6.07, 6.45) is 8.90. The first-order valence-corrected chi connectivity index (χ1v) is 6.90. The molecule has 0 spiro atoms. The standard InChI is InChI=1S/C15H22N2O2/c1-17-11-5-8-13(17)14(18)9-10-16-15(19)12-6-3-2-4-7-12/h2-3,5,8,11-12,14,18H,4,6-7,9-10H2,1H3,(H,16,19)/t12-,14+/m1/s1. The van der Waals surface area contributed by atoms with Gasteiger partial charge in [0, 0.05) is 31.4 Å². The summed E-state index contributed by atoms with van der Waals surface area (Å²) in [7, 11) is 1.91. The molecule has 0 fully saturated rings. The first-order chi connectivity index (χ1) is 9.18. The molecule has 0 bridgehead atoms. The third-order valence-electron chi connectivity index (χ3n) is 3.68. The molecular weight excluding hydrogens is 240 g/mol. The number of nitrogens with zero attached hydrogens (tertiary/aromatic N) is 1. The molecule has 1 heterocycles. The Morgan fingerprint density at radius 2 is 2.42 bits per heavy atom. The lowest BCUT2D eigenvalue weighted by Gasteiger charge is -2.18. The molecule has 1 aliphatic rings. The molecule has 1 amide bonds. The van der Waals surface area contributed by atoms with E-state index in [1.165, 1.54) is 0 Å². The van der Waals surface area contributed by atoms with Crippen LogP contribution in [-0.4, -0.2) is 22.1 Å². The number of rotatable bonds is 5. The van der Waals surface area contributed by atoms with Crippen LogP contribution in [0.4, 0.5) is 0 Å². The van der Waals surface area contributed by atoms with Crippen LogP contribution in [0.1, 0.15) is 37.5 Å². The van der Waals surface area contributed by atoms with E-state index in [1.54, 1.807) is 0 Å². The van der Waals surface area contributed by atoms with Crippen molar-refractivity contribution in [3.8, 4) is 0 Å². The van der Waals surface area contributed by atoms with Crippen molar-refractivity contribution in [3.63, 3.8) is 0 Å². The molecule has 0 saturated carbocycles. The van der Waals surface area contributed by atoms with Gasteiger partial charge < -0.3 is 15.0 Å². The van der Waals surface area contributed by atoms with Crippen molar-refractivity contribution >= 4 is 5.91 Å². The third kappa shape index (κ3) is 3.70. The number of aliphatic hydroxyl groups excluding tert-OH is 1. The highest BCUT2D eigenvalue weighted by Crippen LogP contribution is 2.19. The van der Waals surface area contributed by atoms with Crippen LogP contribution in [0.15, 0.2) is 30.5 Å². The van der Waals surface area contributed by atoms with E-state index in [0.29, 0.717) is 13.0 Å². The van der Waals surface area contributed by atoms with Crippen molar-refractivity contribution in [1.82, 2.24) is 9.88 Å². The Morgan fingerprint density at radius 1 is 1.58 bits per heavy atom. The van der Waals surface area contributed by atoms with Crippen LogP contribution in [-0.2, 0) is 11.8 Å². The fourth-order valence-electron chi connectivity index (χ4n) is 2.48. The van der Waals surface area contributed by atoms with Gasteiger partial charge in [-0.3, -0.25) is 4.79 Å². The van der Waals surface area contributed by atoms with Gasteiger partial charge >= 0.3 is 0 Å². The Kier molecular flexibility index (Phi) is 4.80. The van der Waals surface area contributed by atoms with Crippen LogP contribution in [0, 0.1) is 5.92 Å². The summed E-state index contributed by atoms with van der Waals surface area (Å²) in [5.74, 6) is 0.223. The number of allylic oxidation sites excluding steroid dienone is 2. The minimum atomic E-state index is -0.522. The van der Waals surface area contributed by atoms with Crippen molar-refractivity contribution in [2.24, 2.45) is 13.0 Å². The summed E-state index contributed by atoms with van der Waals surface area (Å²) in [6.45, 7) is 0.519. The minimum Gasteiger partial charge on any atom is -0.387 e. The minimum absolute atomic E-state index is 0.108. The molecule has 4 heteroatoms. The molecule has 2 atom stereocenters. The molecule has 0 saturated heterocycles. The van der Waals surface area contributed by atoms with E-state index >= 15 is 0 Å². The molecule has 2 N–H and O–H groups in total. The van der Waals surface area contributed by atoms with E-state index in [9.17, 15) is 9.90 Å². The van der Waals surface area contributed by atoms with Gasteiger partial charge in [-0.2, -0.15) is 0 Å². The summed E-state index contributed by atoms with van der Waals surface area (Å²) in [6, 6.07) is 3.81. The van der Waals surface area contributed by atoms with Gasteiger partial charge in [0.15, 0.2) is 0 Å². The Morgan fingerprint density at radius 3 is 3.05 bits per heavy atom. The number of aliphatic hydroxyl groups is 1.